The Labute approximate surface area is 288 Å². The highest BCUT2D eigenvalue weighted by Crippen LogP contribution is 2.52. The fraction of sp³-hybridized carbons (Fsp3) is 0.474. The molecule has 0 aliphatic carbocycles. The number of piperazine rings is 1. The third kappa shape index (κ3) is 7.64. The van der Waals surface area contributed by atoms with Crippen LogP contribution in [0.4, 0.5) is 4.79 Å². The number of hydrogen-bond donors (Lipinski definition) is 2. The second-order valence-corrected chi connectivity index (χ2v) is 13.4. The summed E-state index contributed by atoms with van der Waals surface area (Å²) in [5.41, 5.74) is 3.11. The fourth-order valence-corrected chi connectivity index (χ4v) is 6.86. The number of ether oxygens (including phenoxy) is 5. The maximum Gasteiger partial charge on any atom is 0.413 e. The molecule has 49 heavy (non-hydrogen) atoms. The SMILES string of the molecule is COc1c(C)c(OC)c(OCc2ccccc2)c2c1C[C@H]1C(O)N(C(=O)OC(C)(C)C)[C@@H](CCCO)C(=O)N1[C@H]2COCc1ccccc1. The lowest BCUT2D eigenvalue weighted by molar-refractivity contribution is -0.177. The molecule has 1 fully saturated rings. The molecule has 0 radical (unpaired) electrons. The number of aliphatic hydroxyl groups excluding tert-OH is 2. The van der Waals surface area contributed by atoms with E-state index in [-0.39, 0.29) is 51.6 Å². The van der Waals surface area contributed by atoms with Crippen molar-refractivity contribution < 1.29 is 43.5 Å². The van der Waals surface area contributed by atoms with E-state index in [4.69, 9.17) is 23.7 Å². The maximum absolute atomic E-state index is 14.7. The molecule has 1 unspecified atom stereocenters. The van der Waals surface area contributed by atoms with Crippen molar-refractivity contribution >= 4 is 12.0 Å². The Kier molecular flexibility index (Phi) is 11.4. The number of benzene rings is 3. The molecule has 0 spiro atoms. The van der Waals surface area contributed by atoms with Gasteiger partial charge in [-0.15, -0.1) is 0 Å². The molecule has 3 aromatic carbocycles. The zero-order chi connectivity index (χ0) is 35.3. The lowest BCUT2D eigenvalue weighted by atomic mass is 9.82. The van der Waals surface area contributed by atoms with E-state index < -0.39 is 36.0 Å². The molecule has 4 atom stereocenters. The quantitative estimate of drug-likeness (QED) is 0.262. The summed E-state index contributed by atoms with van der Waals surface area (Å²) < 4.78 is 30.6. The van der Waals surface area contributed by atoms with Crippen LogP contribution in [0.5, 0.6) is 17.2 Å². The van der Waals surface area contributed by atoms with Gasteiger partial charge in [0.1, 0.15) is 24.0 Å². The van der Waals surface area contributed by atoms with Crippen LogP contribution >= 0.6 is 0 Å². The zero-order valence-corrected chi connectivity index (χ0v) is 29.2. The Morgan fingerprint density at radius 2 is 1.51 bits per heavy atom. The molecule has 5 rings (SSSR count). The van der Waals surface area contributed by atoms with E-state index in [2.05, 4.69) is 0 Å². The first-order chi connectivity index (χ1) is 23.5. The largest absolute Gasteiger partial charge is 0.496 e. The van der Waals surface area contributed by atoms with Crippen molar-refractivity contribution in [2.75, 3.05) is 27.4 Å². The summed E-state index contributed by atoms with van der Waals surface area (Å²) >= 11 is 0. The minimum absolute atomic E-state index is 0.0487. The zero-order valence-electron chi connectivity index (χ0n) is 29.2. The lowest BCUT2D eigenvalue weighted by Crippen LogP contribution is -2.70. The Bertz CT molecular complexity index is 1590. The Balaban J connectivity index is 1.66. The molecule has 2 aliphatic heterocycles. The lowest BCUT2D eigenvalue weighted by Gasteiger charge is -2.54. The highest BCUT2D eigenvalue weighted by atomic mass is 16.6. The molecule has 2 heterocycles. The van der Waals surface area contributed by atoms with Crippen LogP contribution in [-0.4, -0.2) is 83.4 Å². The fourth-order valence-electron chi connectivity index (χ4n) is 6.86. The van der Waals surface area contributed by atoms with E-state index in [9.17, 15) is 19.8 Å². The molecule has 1 saturated heterocycles. The first kappa shape index (κ1) is 36.0. The van der Waals surface area contributed by atoms with Gasteiger partial charge >= 0.3 is 6.09 Å². The molecule has 0 aromatic heterocycles. The average Bonchev–Trinajstić information content (AvgIpc) is 3.07. The minimum atomic E-state index is -1.43. The number of rotatable bonds is 12. The number of fused-ring (bicyclic) bond motifs is 2. The van der Waals surface area contributed by atoms with Gasteiger partial charge in [-0.3, -0.25) is 9.69 Å². The van der Waals surface area contributed by atoms with Crippen molar-refractivity contribution in [2.45, 2.75) is 90.1 Å². The topological polar surface area (TPSA) is 127 Å². The monoisotopic (exact) mass is 676 g/mol. The summed E-state index contributed by atoms with van der Waals surface area (Å²) in [6, 6.07) is 16.7. The van der Waals surface area contributed by atoms with Crippen LogP contribution in [0.3, 0.4) is 0 Å². The molecule has 2 aliphatic rings. The second-order valence-electron chi connectivity index (χ2n) is 13.4. The van der Waals surface area contributed by atoms with Gasteiger partial charge in [0.25, 0.3) is 0 Å². The number of aliphatic hydroxyl groups is 2. The Morgan fingerprint density at radius 1 is 0.898 bits per heavy atom. The summed E-state index contributed by atoms with van der Waals surface area (Å²) in [5, 5.41) is 21.8. The molecule has 0 bridgehead atoms. The van der Waals surface area contributed by atoms with Gasteiger partial charge in [-0.05, 0) is 51.7 Å². The summed E-state index contributed by atoms with van der Waals surface area (Å²) in [5.74, 6) is 1.07. The molecule has 2 N–H and O–H groups in total. The summed E-state index contributed by atoms with van der Waals surface area (Å²) in [7, 11) is 3.13. The van der Waals surface area contributed by atoms with Crippen LogP contribution in [0.15, 0.2) is 60.7 Å². The highest BCUT2D eigenvalue weighted by Gasteiger charge is 2.55. The predicted octanol–water partition coefficient (Wildman–Crippen LogP) is 5.31. The first-order valence-corrected chi connectivity index (χ1v) is 16.7. The number of methoxy groups -OCH3 is 2. The van der Waals surface area contributed by atoms with Crippen molar-refractivity contribution in [1.82, 2.24) is 9.80 Å². The van der Waals surface area contributed by atoms with Gasteiger partial charge < -0.3 is 38.8 Å². The van der Waals surface area contributed by atoms with Gasteiger partial charge in [0.15, 0.2) is 17.7 Å². The van der Waals surface area contributed by atoms with Gasteiger partial charge in [0.2, 0.25) is 5.91 Å². The molecule has 11 nitrogen and oxygen atoms in total. The normalized spacial score (nSPS) is 20.4. The molecule has 264 valence electrons. The first-order valence-electron chi connectivity index (χ1n) is 16.7. The number of carbonyl (C=O) groups excluding carboxylic acids is 2. The van der Waals surface area contributed by atoms with E-state index >= 15 is 0 Å². The van der Waals surface area contributed by atoms with Gasteiger partial charge in [-0.1, -0.05) is 60.7 Å². The summed E-state index contributed by atoms with van der Waals surface area (Å²) in [6.07, 6.45) is -1.72. The Hall–Kier alpha value is -4.32. The number of amides is 2. The van der Waals surface area contributed by atoms with Crippen LogP contribution in [0.2, 0.25) is 0 Å². The van der Waals surface area contributed by atoms with Crippen LogP contribution in [0, 0.1) is 6.92 Å². The maximum atomic E-state index is 14.7. The summed E-state index contributed by atoms with van der Waals surface area (Å²) in [6.45, 7) is 7.43. The molecule has 0 saturated carbocycles. The molecular weight excluding hydrogens is 628 g/mol. The van der Waals surface area contributed by atoms with Crippen LogP contribution in [-0.2, 0) is 33.9 Å². The van der Waals surface area contributed by atoms with Crippen LogP contribution < -0.4 is 14.2 Å². The molecule has 3 aromatic rings. The van der Waals surface area contributed by atoms with Crippen molar-refractivity contribution in [3.8, 4) is 17.2 Å². The third-order valence-electron chi connectivity index (χ3n) is 8.94. The van der Waals surface area contributed by atoms with E-state index in [1.165, 1.54) is 0 Å². The molecule has 2 amide bonds. The van der Waals surface area contributed by atoms with Crippen molar-refractivity contribution in [1.29, 1.82) is 0 Å². The standard InChI is InChI=1S/C38H48N2O9/c1-24-32(45-5)27-20-29-36(43)40(37(44)49-38(2,3)4)28(18-13-19-41)35(42)39(29)30(23-47-21-25-14-9-7-10-15-25)31(27)34(33(24)46-6)48-22-26-16-11-8-12-17-26/h7-12,14-17,28-30,36,41,43H,13,18-23H2,1-6H3/t28-,29-,30-,36?/m0/s1. The van der Waals surface area contributed by atoms with Gasteiger partial charge in [0.05, 0.1) is 39.5 Å². The number of carbonyl (C=O) groups is 2. The number of nitrogens with zero attached hydrogens (tertiary/aromatic N) is 2. The van der Waals surface area contributed by atoms with E-state index in [1.807, 2.05) is 67.6 Å². The third-order valence-corrected chi connectivity index (χ3v) is 8.94. The van der Waals surface area contributed by atoms with Crippen molar-refractivity contribution in [3.05, 3.63) is 88.5 Å². The van der Waals surface area contributed by atoms with Crippen LogP contribution in [0.1, 0.15) is 67.5 Å². The van der Waals surface area contributed by atoms with Crippen molar-refractivity contribution in [2.24, 2.45) is 0 Å². The van der Waals surface area contributed by atoms with Crippen molar-refractivity contribution in [3.63, 3.8) is 0 Å². The average molecular weight is 677 g/mol. The smallest absolute Gasteiger partial charge is 0.413 e. The summed E-state index contributed by atoms with van der Waals surface area (Å²) in [4.78, 5) is 31.1. The van der Waals surface area contributed by atoms with E-state index in [0.717, 1.165) is 21.6 Å². The predicted molar refractivity (Wildman–Crippen MR) is 182 cm³/mol. The van der Waals surface area contributed by atoms with Gasteiger partial charge in [0, 0.05) is 29.7 Å². The van der Waals surface area contributed by atoms with E-state index in [1.54, 1.807) is 39.9 Å². The number of hydrogen-bond acceptors (Lipinski definition) is 9. The van der Waals surface area contributed by atoms with Gasteiger partial charge in [-0.2, -0.15) is 0 Å². The second kappa shape index (κ2) is 15.5. The van der Waals surface area contributed by atoms with E-state index in [0.29, 0.717) is 28.4 Å². The minimum Gasteiger partial charge on any atom is -0.496 e. The van der Waals surface area contributed by atoms with Gasteiger partial charge in [-0.25, -0.2) is 4.79 Å². The Morgan fingerprint density at radius 3 is 2.08 bits per heavy atom. The highest BCUT2D eigenvalue weighted by molar-refractivity contribution is 5.89. The van der Waals surface area contributed by atoms with Crippen LogP contribution in [0.25, 0.3) is 0 Å². The molecule has 11 heteroatoms. The molecular formula is C38H48N2O9.